The first-order valence-corrected chi connectivity index (χ1v) is 14.6. The molecule has 0 bridgehead atoms. The van der Waals surface area contributed by atoms with Crippen molar-refractivity contribution in [1.82, 2.24) is 15.0 Å². The van der Waals surface area contributed by atoms with Gasteiger partial charge in [-0.15, -0.1) is 0 Å². The van der Waals surface area contributed by atoms with Crippen LogP contribution in [-0.4, -0.2) is 72.8 Å². The second-order valence-electron chi connectivity index (χ2n) is 10.4. The van der Waals surface area contributed by atoms with Crippen molar-refractivity contribution in [2.75, 3.05) is 53.3 Å². The van der Waals surface area contributed by atoms with Crippen molar-refractivity contribution in [3.05, 3.63) is 42.2 Å². The smallest absolute Gasteiger partial charge is 0.227 e. The van der Waals surface area contributed by atoms with Crippen molar-refractivity contribution >= 4 is 43.9 Å². The molecule has 1 aromatic carbocycles. The highest BCUT2D eigenvalue weighted by Gasteiger charge is 2.31. The van der Waals surface area contributed by atoms with Crippen LogP contribution in [0.2, 0.25) is 0 Å². The molecule has 0 spiro atoms. The molecule has 2 aromatic heterocycles. The number of nitrogens with zero attached hydrogens (tertiary/aromatic N) is 5. The summed E-state index contributed by atoms with van der Waals surface area (Å²) in [5, 5.41) is 14.1. The normalized spacial score (nSPS) is 17.6. The van der Waals surface area contributed by atoms with Crippen LogP contribution in [0, 0.1) is 5.92 Å². The van der Waals surface area contributed by atoms with E-state index in [1.165, 1.54) is 6.26 Å². The van der Waals surface area contributed by atoms with Gasteiger partial charge in [-0.2, -0.15) is 0 Å². The molecule has 0 aliphatic carbocycles. The third kappa shape index (κ3) is 5.39. The zero-order valence-corrected chi connectivity index (χ0v) is 21.9. The predicted octanol–water partition coefficient (Wildman–Crippen LogP) is 3.33. The number of hydrogen-bond acceptors (Lipinski definition) is 9. The topological polar surface area (TPSA) is 112 Å². The Morgan fingerprint density at radius 3 is 2.56 bits per heavy atom. The Hall–Kier alpha value is -2.98. The molecule has 192 valence electrons. The van der Waals surface area contributed by atoms with Gasteiger partial charge in [0.2, 0.25) is 5.95 Å². The van der Waals surface area contributed by atoms with E-state index in [1.54, 1.807) is 6.20 Å². The molecule has 10 heteroatoms. The minimum absolute atomic E-state index is 0.158. The maximum Gasteiger partial charge on any atom is 0.227 e. The molecule has 2 aliphatic heterocycles. The lowest BCUT2D eigenvalue weighted by atomic mass is 9.96. The van der Waals surface area contributed by atoms with E-state index in [2.05, 4.69) is 51.1 Å². The van der Waals surface area contributed by atoms with E-state index in [4.69, 9.17) is 4.98 Å². The van der Waals surface area contributed by atoms with Crippen LogP contribution in [0.4, 0.5) is 23.1 Å². The molecular weight excluding hydrogens is 476 g/mol. The van der Waals surface area contributed by atoms with Gasteiger partial charge < -0.3 is 20.2 Å². The Balaban J connectivity index is 1.39. The Morgan fingerprint density at radius 2 is 1.86 bits per heavy atom. The highest BCUT2D eigenvalue weighted by atomic mass is 32.2. The van der Waals surface area contributed by atoms with Gasteiger partial charge in [-0.05, 0) is 36.5 Å². The Labute approximate surface area is 212 Å². The molecule has 0 atom stereocenters. The van der Waals surface area contributed by atoms with Crippen LogP contribution in [0.3, 0.4) is 0 Å². The van der Waals surface area contributed by atoms with Gasteiger partial charge in [-0.25, -0.2) is 23.4 Å². The van der Waals surface area contributed by atoms with E-state index < -0.39 is 9.84 Å². The van der Waals surface area contributed by atoms with E-state index in [0.717, 1.165) is 72.7 Å². The second-order valence-corrected chi connectivity index (χ2v) is 12.6. The summed E-state index contributed by atoms with van der Waals surface area (Å²) in [6, 6.07) is 8.12. The van der Waals surface area contributed by atoms with Gasteiger partial charge >= 0.3 is 0 Å². The first kappa shape index (κ1) is 24.7. The zero-order valence-electron chi connectivity index (χ0n) is 21.1. The molecule has 0 amide bonds. The number of aromatic nitrogens is 3. The van der Waals surface area contributed by atoms with Crippen LogP contribution in [0.15, 0.2) is 36.7 Å². The summed E-state index contributed by atoms with van der Waals surface area (Å²) in [6.45, 7) is 7.31. The van der Waals surface area contributed by atoms with E-state index in [-0.39, 0.29) is 17.8 Å². The number of benzene rings is 1. The first-order valence-electron chi connectivity index (χ1n) is 12.5. The van der Waals surface area contributed by atoms with E-state index >= 15 is 0 Å². The van der Waals surface area contributed by atoms with Crippen LogP contribution in [0.25, 0.3) is 10.9 Å². The fourth-order valence-corrected chi connectivity index (χ4v) is 6.19. The van der Waals surface area contributed by atoms with Gasteiger partial charge in [0.05, 0.1) is 17.4 Å². The third-order valence-electron chi connectivity index (χ3n) is 7.01. The molecule has 2 N–H and O–H groups in total. The second kappa shape index (κ2) is 9.82. The fraction of sp³-hybridized carbons (Fsp3) is 0.500. The van der Waals surface area contributed by atoms with Crippen molar-refractivity contribution in [2.24, 2.45) is 5.92 Å². The van der Waals surface area contributed by atoms with Gasteiger partial charge in [0.25, 0.3) is 0 Å². The number of sulfone groups is 1. The monoisotopic (exact) mass is 510 g/mol. The van der Waals surface area contributed by atoms with Gasteiger partial charge in [-0.3, -0.25) is 0 Å². The number of hydrogen-bond donors (Lipinski definition) is 2. The Kier molecular flexibility index (Phi) is 6.74. The summed E-state index contributed by atoms with van der Waals surface area (Å²) in [5.41, 5.74) is 3.96. The summed E-state index contributed by atoms with van der Waals surface area (Å²) in [5.74, 6) is 2.07. The Bertz CT molecular complexity index is 1350. The van der Waals surface area contributed by atoms with Crippen LogP contribution >= 0.6 is 0 Å². The lowest BCUT2D eigenvalue weighted by Gasteiger charge is -2.41. The molecule has 0 unspecified atom stereocenters. The minimum atomic E-state index is -2.98. The highest BCUT2D eigenvalue weighted by molar-refractivity contribution is 7.90. The van der Waals surface area contributed by atoms with Crippen LogP contribution in [0.5, 0.6) is 0 Å². The van der Waals surface area contributed by atoms with Crippen molar-refractivity contribution in [1.29, 1.82) is 0 Å². The number of fused-ring (bicyclic) bond motifs is 1. The maximum atomic E-state index is 11.7. The number of piperidine rings is 1. The SMILES string of the molecule is CC(C)c1ccc(N2CC(CS(C)(=O)=O)C2)c2cnc(Nc3ccnc(N4CCC(O)CC4)c3)nc12. The van der Waals surface area contributed by atoms with Crippen molar-refractivity contribution < 1.29 is 13.5 Å². The lowest BCUT2D eigenvalue weighted by molar-refractivity contribution is 0.145. The Morgan fingerprint density at radius 1 is 1.11 bits per heavy atom. The number of aliphatic hydroxyl groups is 1. The summed E-state index contributed by atoms with van der Waals surface area (Å²) in [6.07, 6.45) is 6.21. The number of pyridine rings is 1. The third-order valence-corrected chi connectivity index (χ3v) is 8.08. The highest BCUT2D eigenvalue weighted by Crippen LogP contribution is 2.36. The molecule has 2 saturated heterocycles. The van der Waals surface area contributed by atoms with Gasteiger partial charge in [0.1, 0.15) is 15.7 Å². The fourth-order valence-electron chi connectivity index (χ4n) is 5.12. The zero-order chi connectivity index (χ0) is 25.4. The largest absolute Gasteiger partial charge is 0.393 e. The van der Waals surface area contributed by atoms with Crippen LogP contribution < -0.4 is 15.1 Å². The van der Waals surface area contributed by atoms with E-state index in [9.17, 15) is 13.5 Å². The van der Waals surface area contributed by atoms with Crippen molar-refractivity contribution in [3.8, 4) is 0 Å². The van der Waals surface area contributed by atoms with E-state index in [1.807, 2.05) is 18.3 Å². The van der Waals surface area contributed by atoms with Gasteiger partial charge in [-0.1, -0.05) is 19.9 Å². The van der Waals surface area contributed by atoms with E-state index in [0.29, 0.717) is 11.9 Å². The molecule has 36 heavy (non-hydrogen) atoms. The molecule has 0 radical (unpaired) electrons. The minimum Gasteiger partial charge on any atom is -0.393 e. The molecule has 0 saturated carbocycles. The molecule has 4 heterocycles. The molecule has 5 rings (SSSR count). The van der Waals surface area contributed by atoms with Gasteiger partial charge in [0.15, 0.2) is 0 Å². The average molecular weight is 511 g/mol. The van der Waals surface area contributed by atoms with Gasteiger partial charge in [0, 0.05) is 73.6 Å². The summed E-state index contributed by atoms with van der Waals surface area (Å²) >= 11 is 0. The predicted molar refractivity (Wildman–Crippen MR) is 144 cm³/mol. The molecule has 9 nitrogen and oxygen atoms in total. The molecule has 2 aliphatic rings. The number of aliphatic hydroxyl groups excluding tert-OH is 1. The van der Waals surface area contributed by atoms with Crippen LogP contribution in [0.1, 0.15) is 38.2 Å². The van der Waals surface area contributed by atoms with Crippen molar-refractivity contribution in [2.45, 2.75) is 38.7 Å². The number of nitrogens with one attached hydrogen (secondary N) is 1. The summed E-state index contributed by atoms with van der Waals surface area (Å²) in [4.78, 5) is 18.4. The summed E-state index contributed by atoms with van der Waals surface area (Å²) in [7, 11) is -2.98. The van der Waals surface area contributed by atoms with Crippen molar-refractivity contribution in [3.63, 3.8) is 0 Å². The standard InChI is InChI=1S/C26H34N6O3S/c1-17(2)21-4-5-23(32-14-18(15-32)16-36(3,34)35)22-13-28-26(30-25(21)22)29-19-6-9-27-24(12-19)31-10-7-20(33)8-11-31/h4-6,9,12-13,17-18,20,33H,7-8,10-11,14-16H2,1-3H3,(H,27,28,29,30). The molecular formula is C26H34N6O3S. The maximum absolute atomic E-state index is 11.7. The van der Waals surface area contributed by atoms with Crippen LogP contribution in [-0.2, 0) is 9.84 Å². The number of anilines is 4. The number of rotatable bonds is 7. The quantitative estimate of drug-likeness (QED) is 0.494. The molecule has 3 aromatic rings. The molecule has 2 fully saturated rings. The average Bonchev–Trinajstić information content (AvgIpc) is 2.80. The lowest BCUT2D eigenvalue weighted by Crippen LogP contribution is -2.49. The summed E-state index contributed by atoms with van der Waals surface area (Å²) < 4.78 is 23.3. The first-order chi connectivity index (χ1) is 17.2.